The molecule has 2 aromatic rings. The molecule has 0 spiro atoms. The number of aromatic nitrogens is 1. The van der Waals surface area contributed by atoms with Gasteiger partial charge in [0.05, 0.1) is 0 Å². The molecule has 1 atom stereocenters. The Morgan fingerprint density at radius 2 is 2.30 bits per heavy atom. The lowest BCUT2D eigenvalue weighted by Gasteiger charge is -2.17. The summed E-state index contributed by atoms with van der Waals surface area (Å²) in [5.41, 5.74) is 0.899. The van der Waals surface area contributed by atoms with Crippen LogP contribution in [0.5, 0.6) is 5.75 Å². The fraction of sp³-hybridized carbons (Fsp3) is 0.286. The molecule has 0 aliphatic rings. The number of nitrogens with one attached hydrogen (secondary N) is 1. The fourth-order valence-electron chi connectivity index (χ4n) is 1.66. The zero-order valence-electron chi connectivity index (χ0n) is 11.2. The quantitative estimate of drug-likeness (QED) is 0.917. The molecular formula is C14H15ClN2O3. The highest BCUT2D eigenvalue weighted by Crippen LogP contribution is 2.22. The highest BCUT2D eigenvalue weighted by atomic mass is 35.5. The Labute approximate surface area is 121 Å². The summed E-state index contributed by atoms with van der Waals surface area (Å²) in [6, 6.07) is 6.85. The number of benzene rings is 1. The van der Waals surface area contributed by atoms with Gasteiger partial charge in [-0.2, -0.15) is 0 Å². The number of hydrogen-bond donors (Lipinski definition) is 1. The zero-order valence-corrected chi connectivity index (χ0v) is 12.0. The van der Waals surface area contributed by atoms with Crippen LogP contribution in [0.25, 0.3) is 0 Å². The summed E-state index contributed by atoms with van der Waals surface area (Å²) in [6.07, 6.45) is 1.32. The van der Waals surface area contributed by atoms with E-state index in [1.54, 1.807) is 24.3 Å². The molecule has 0 aliphatic heterocycles. The van der Waals surface area contributed by atoms with Crippen molar-refractivity contribution >= 4 is 23.3 Å². The SMILES string of the molecule is CCC(Oc1ccc(Cl)c(C)c1)C(=O)Nc1ccon1. The molecule has 0 saturated carbocycles. The van der Waals surface area contributed by atoms with Gasteiger partial charge in [-0.1, -0.05) is 23.7 Å². The van der Waals surface area contributed by atoms with Crippen molar-refractivity contribution in [2.24, 2.45) is 0 Å². The molecule has 1 aromatic carbocycles. The van der Waals surface area contributed by atoms with Crippen LogP contribution in [-0.4, -0.2) is 17.2 Å². The Bertz CT molecular complexity index is 584. The van der Waals surface area contributed by atoms with E-state index in [-0.39, 0.29) is 5.91 Å². The van der Waals surface area contributed by atoms with Crippen LogP contribution in [0.4, 0.5) is 5.82 Å². The predicted octanol–water partition coefficient (Wildman–Crippen LogP) is 3.43. The van der Waals surface area contributed by atoms with E-state index in [1.165, 1.54) is 6.26 Å². The monoisotopic (exact) mass is 294 g/mol. The third-order valence-electron chi connectivity index (χ3n) is 2.76. The molecular weight excluding hydrogens is 280 g/mol. The zero-order chi connectivity index (χ0) is 14.5. The van der Waals surface area contributed by atoms with Gasteiger partial charge in [0.1, 0.15) is 12.0 Å². The second-order valence-electron chi connectivity index (χ2n) is 4.30. The molecule has 0 bridgehead atoms. The van der Waals surface area contributed by atoms with Crippen molar-refractivity contribution in [3.63, 3.8) is 0 Å². The van der Waals surface area contributed by atoms with Gasteiger partial charge in [0.25, 0.3) is 5.91 Å². The van der Waals surface area contributed by atoms with Crippen LogP contribution in [-0.2, 0) is 4.79 Å². The fourth-order valence-corrected chi connectivity index (χ4v) is 1.78. The van der Waals surface area contributed by atoms with Crippen LogP contribution < -0.4 is 10.1 Å². The Balaban J connectivity index is 2.04. The number of carbonyl (C=O) groups excluding carboxylic acids is 1. The molecule has 6 heteroatoms. The molecule has 1 heterocycles. The van der Waals surface area contributed by atoms with Gasteiger partial charge < -0.3 is 14.6 Å². The Morgan fingerprint density at radius 1 is 1.50 bits per heavy atom. The minimum Gasteiger partial charge on any atom is -0.481 e. The second kappa shape index (κ2) is 6.43. The first-order valence-electron chi connectivity index (χ1n) is 6.24. The summed E-state index contributed by atoms with van der Waals surface area (Å²) >= 11 is 5.95. The Hall–Kier alpha value is -2.01. The molecule has 0 fully saturated rings. The highest BCUT2D eigenvalue weighted by Gasteiger charge is 2.19. The summed E-state index contributed by atoms with van der Waals surface area (Å²) in [4.78, 5) is 12.1. The minimum atomic E-state index is -0.604. The number of aryl methyl sites for hydroxylation is 1. The Kier molecular flexibility index (Phi) is 4.63. The van der Waals surface area contributed by atoms with Gasteiger partial charge in [-0.05, 0) is 37.1 Å². The molecule has 5 nitrogen and oxygen atoms in total. The van der Waals surface area contributed by atoms with Gasteiger partial charge in [-0.15, -0.1) is 0 Å². The van der Waals surface area contributed by atoms with Gasteiger partial charge in [0.15, 0.2) is 11.9 Å². The first kappa shape index (κ1) is 14.4. The molecule has 1 N–H and O–H groups in total. The van der Waals surface area contributed by atoms with E-state index in [1.807, 2.05) is 13.8 Å². The van der Waals surface area contributed by atoms with Gasteiger partial charge in [0.2, 0.25) is 0 Å². The first-order valence-corrected chi connectivity index (χ1v) is 6.62. The Morgan fingerprint density at radius 3 is 2.90 bits per heavy atom. The molecule has 0 radical (unpaired) electrons. The van der Waals surface area contributed by atoms with Crippen LogP contribution >= 0.6 is 11.6 Å². The standard InChI is InChI=1S/C14H15ClN2O3/c1-3-12(14(18)16-13-6-7-19-17-13)20-10-4-5-11(15)9(2)8-10/h4-8,12H,3H2,1-2H3,(H,16,17,18). The third kappa shape index (κ3) is 3.51. The van der Waals surface area contributed by atoms with E-state index in [4.69, 9.17) is 16.3 Å². The maximum atomic E-state index is 12.1. The number of nitrogens with zero attached hydrogens (tertiary/aromatic N) is 1. The van der Waals surface area contributed by atoms with Crippen molar-refractivity contribution in [3.05, 3.63) is 41.1 Å². The summed E-state index contributed by atoms with van der Waals surface area (Å²) in [6.45, 7) is 3.75. The topological polar surface area (TPSA) is 64.4 Å². The van der Waals surface area contributed by atoms with Crippen LogP contribution in [0.2, 0.25) is 5.02 Å². The molecule has 0 aliphatic carbocycles. The number of ether oxygens (including phenoxy) is 1. The van der Waals surface area contributed by atoms with E-state index >= 15 is 0 Å². The van der Waals surface area contributed by atoms with E-state index in [0.717, 1.165) is 5.56 Å². The van der Waals surface area contributed by atoms with Crippen molar-refractivity contribution in [2.75, 3.05) is 5.32 Å². The molecule has 1 amide bonds. The molecule has 20 heavy (non-hydrogen) atoms. The summed E-state index contributed by atoms with van der Waals surface area (Å²) < 4.78 is 10.3. The maximum absolute atomic E-state index is 12.1. The van der Waals surface area contributed by atoms with E-state index in [0.29, 0.717) is 23.0 Å². The smallest absolute Gasteiger partial charge is 0.266 e. The van der Waals surface area contributed by atoms with Crippen LogP contribution in [0.15, 0.2) is 35.1 Å². The lowest BCUT2D eigenvalue weighted by atomic mass is 10.2. The van der Waals surface area contributed by atoms with Gasteiger partial charge in [-0.3, -0.25) is 4.79 Å². The average molecular weight is 295 g/mol. The average Bonchev–Trinajstić information content (AvgIpc) is 2.92. The largest absolute Gasteiger partial charge is 0.481 e. The van der Waals surface area contributed by atoms with E-state index < -0.39 is 6.10 Å². The summed E-state index contributed by atoms with van der Waals surface area (Å²) in [5.74, 6) is 0.701. The summed E-state index contributed by atoms with van der Waals surface area (Å²) in [5, 5.41) is 6.91. The molecule has 1 unspecified atom stereocenters. The van der Waals surface area contributed by atoms with Crippen molar-refractivity contribution in [2.45, 2.75) is 26.4 Å². The van der Waals surface area contributed by atoms with Gasteiger partial charge >= 0.3 is 0 Å². The summed E-state index contributed by atoms with van der Waals surface area (Å²) in [7, 11) is 0. The van der Waals surface area contributed by atoms with Crippen LogP contribution in [0.1, 0.15) is 18.9 Å². The van der Waals surface area contributed by atoms with Crippen molar-refractivity contribution in [1.29, 1.82) is 0 Å². The number of amides is 1. The van der Waals surface area contributed by atoms with Crippen molar-refractivity contribution in [3.8, 4) is 5.75 Å². The molecule has 106 valence electrons. The van der Waals surface area contributed by atoms with Crippen molar-refractivity contribution < 1.29 is 14.1 Å². The minimum absolute atomic E-state index is 0.269. The normalized spacial score (nSPS) is 11.9. The van der Waals surface area contributed by atoms with Crippen LogP contribution in [0, 0.1) is 6.92 Å². The van der Waals surface area contributed by atoms with E-state index in [9.17, 15) is 4.79 Å². The number of anilines is 1. The number of carbonyl (C=O) groups is 1. The molecule has 2 rings (SSSR count). The van der Waals surface area contributed by atoms with Crippen molar-refractivity contribution in [1.82, 2.24) is 5.16 Å². The molecule has 1 aromatic heterocycles. The third-order valence-corrected chi connectivity index (χ3v) is 3.18. The maximum Gasteiger partial charge on any atom is 0.266 e. The molecule has 0 saturated heterocycles. The van der Waals surface area contributed by atoms with Gasteiger partial charge in [-0.25, -0.2) is 0 Å². The first-order chi connectivity index (χ1) is 9.60. The van der Waals surface area contributed by atoms with Crippen LogP contribution in [0.3, 0.4) is 0 Å². The lowest BCUT2D eigenvalue weighted by Crippen LogP contribution is -2.32. The van der Waals surface area contributed by atoms with Gasteiger partial charge in [0, 0.05) is 11.1 Å². The number of rotatable bonds is 5. The second-order valence-corrected chi connectivity index (χ2v) is 4.71. The highest BCUT2D eigenvalue weighted by molar-refractivity contribution is 6.31. The number of halogens is 1. The lowest BCUT2D eigenvalue weighted by molar-refractivity contribution is -0.122. The number of hydrogen-bond acceptors (Lipinski definition) is 4. The van der Waals surface area contributed by atoms with E-state index in [2.05, 4.69) is 15.0 Å². The predicted molar refractivity (Wildman–Crippen MR) is 76.0 cm³/mol.